The topological polar surface area (TPSA) is 70.6 Å². The van der Waals surface area contributed by atoms with Crippen LogP contribution in [0.5, 0.6) is 0 Å². The molecule has 1 aromatic carbocycles. The number of rotatable bonds is 8. The van der Waals surface area contributed by atoms with Gasteiger partial charge < -0.3 is 20.5 Å². The van der Waals surface area contributed by atoms with E-state index in [-0.39, 0.29) is 18.5 Å². The maximum atomic E-state index is 12.0. The third kappa shape index (κ3) is 5.66. The summed E-state index contributed by atoms with van der Waals surface area (Å²) in [7, 11) is 0. The van der Waals surface area contributed by atoms with Crippen molar-refractivity contribution in [2.45, 2.75) is 46.3 Å². The van der Waals surface area contributed by atoms with Crippen molar-refractivity contribution in [1.29, 1.82) is 0 Å². The summed E-state index contributed by atoms with van der Waals surface area (Å²) in [5.74, 6) is 0.109. The summed E-state index contributed by atoms with van der Waals surface area (Å²) in [6.07, 6.45) is 0.855. The molecule has 0 aromatic heterocycles. The quantitative estimate of drug-likeness (QED) is 0.691. The Morgan fingerprint density at radius 1 is 1.36 bits per heavy atom. The number of urea groups is 1. The van der Waals surface area contributed by atoms with Gasteiger partial charge in [-0.3, -0.25) is 0 Å². The van der Waals surface area contributed by atoms with E-state index in [1.165, 1.54) is 0 Å². The van der Waals surface area contributed by atoms with Gasteiger partial charge in [0.2, 0.25) is 0 Å². The summed E-state index contributed by atoms with van der Waals surface area (Å²) in [6.45, 7) is 8.95. The first-order chi connectivity index (χ1) is 10.4. The van der Waals surface area contributed by atoms with Crippen LogP contribution in [0.25, 0.3) is 0 Å². The summed E-state index contributed by atoms with van der Waals surface area (Å²) in [5.41, 5.74) is 0.724. The number of anilines is 1. The number of aliphatic hydroxyl groups is 1. The van der Waals surface area contributed by atoms with Gasteiger partial charge in [0.1, 0.15) is 0 Å². The van der Waals surface area contributed by atoms with Crippen LogP contribution in [-0.4, -0.2) is 29.9 Å². The Kier molecular flexibility index (Phi) is 7.35. The van der Waals surface area contributed by atoms with Gasteiger partial charge in [-0.25, -0.2) is 4.79 Å². The summed E-state index contributed by atoms with van der Waals surface area (Å²) in [5, 5.41) is 15.8. The average Bonchev–Trinajstić information content (AvgIpc) is 2.51. The van der Waals surface area contributed by atoms with E-state index < -0.39 is 5.60 Å². The molecule has 0 heterocycles. The zero-order valence-electron chi connectivity index (χ0n) is 14.0. The van der Waals surface area contributed by atoms with Crippen molar-refractivity contribution in [3.05, 3.63) is 29.8 Å². The van der Waals surface area contributed by atoms with Crippen LogP contribution in [0, 0.1) is 5.92 Å². The van der Waals surface area contributed by atoms with E-state index in [9.17, 15) is 9.90 Å². The maximum Gasteiger partial charge on any atom is 0.319 e. The number of benzene rings is 1. The second-order valence-corrected chi connectivity index (χ2v) is 5.77. The van der Waals surface area contributed by atoms with Crippen LogP contribution in [0.3, 0.4) is 0 Å². The van der Waals surface area contributed by atoms with Crippen LogP contribution in [-0.2, 0) is 11.3 Å². The van der Waals surface area contributed by atoms with Crippen molar-refractivity contribution in [2.24, 2.45) is 5.92 Å². The van der Waals surface area contributed by atoms with Gasteiger partial charge in [0.15, 0.2) is 0 Å². The van der Waals surface area contributed by atoms with Gasteiger partial charge in [0.25, 0.3) is 0 Å². The van der Waals surface area contributed by atoms with Crippen molar-refractivity contribution in [1.82, 2.24) is 5.32 Å². The summed E-state index contributed by atoms with van der Waals surface area (Å²) in [4.78, 5) is 12.0. The minimum Gasteiger partial charge on any atom is -0.388 e. The fourth-order valence-corrected chi connectivity index (χ4v) is 2.02. The molecular formula is C17H28N2O3. The SMILES string of the molecule is CCOCc1ccccc1NC(=O)NCC(C)(O)C(C)CC. The molecule has 0 saturated heterocycles. The fourth-order valence-electron chi connectivity index (χ4n) is 2.02. The largest absolute Gasteiger partial charge is 0.388 e. The molecule has 0 aliphatic heterocycles. The van der Waals surface area contributed by atoms with Crippen molar-refractivity contribution < 1.29 is 14.6 Å². The first-order valence-corrected chi connectivity index (χ1v) is 7.83. The first-order valence-electron chi connectivity index (χ1n) is 7.83. The Morgan fingerprint density at radius 2 is 2.05 bits per heavy atom. The molecule has 0 aliphatic rings. The van der Waals surface area contributed by atoms with E-state index in [0.29, 0.717) is 13.2 Å². The summed E-state index contributed by atoms with van der Waals surface area (Å²) < 4.78 is 5.39. The molecule has 2 atom stereocenters. The standard InChI is InChI=1S/C17H28N2O3/c1-5-13(3)17(4,21)12-18-16(20)19-15-10-8-7-9-14(15)11-22-6-2/h7-10,13,21H,5-6,11-12H2,1-4H3,(H2,18,19,20). The Morgan fingerprint density at radius 3 is 2.68 bits per heavy atom. The van der Waals surface area contributed by atoms with E-state index in [2.05, 4.69) is 10.6 Å². The van der Waals surface area contributed by atoms with Crippen molar-refractivity contribution >= 4 is 11.7 Å². The predicted molar refractivity (Wildman–Crippen MR) is 88.9 cm³/mol. The fraction of sp³-hybridized carbons (Fsp3) is 0.588. The normalized spacial score (nSPS) is 15.0. The van der Waals surface area contributed by atoms with E-state index in [1.807, 2.05) is 45.0 Å². The van der Waals surface area contributed by atoms with Gasteiger partial charge in [0, 0.05) is 24.4 Å². The molecule has 0 saturated carbocycles. The highest BCUT2D eigenvalue weighted by Crippen LogP contribution is 2.19. The number of carbonyl (C=O) groups is 1. The van der Waals surface area contributed by atoms with E-state index in [1.54, 1.807) is 6.92 Å². The summed E-state index contributed by atoms with van der Waals surface area (Å²) in [6, 6.07) is 7.19. The number of hydrogen-bond donors (Lipinski definition) is 3. The highest BCUT2D eigenvalue weighted by atomic mass is 16.5. The Bertz CT molecular complexity index is 475. The highest BCUT2D eigenvalue weighted by molar-refractivity contribution is 5.90. The van der Waals surface area contributed by atoms with E-state index >= 15 is 0 Å². The monoisotopic (exact) mass is 308 g/mol. The minimum atomic E-state index is -0.920. The average molecular weight is 308 g/mol. The lowest BCUT2D eigenvalue weighted by molar-refractivity contribution is 0.00827. The van der Waals surface area contributed by atoms with Crippen LogP contribution in [0.2, 0.25) is 0 Å². The molecule has 3 N–H and O–H groups in total. The Balaban J connectivity index is 2.59. The number of para-hydroxylation sites is 1. The molecule has 0 aliphatic carbocycles. The van der Waals surface area contributed by atoms with Gasteiger partial charge in [-0.2, -0.15) is 0 Å². The van der Waals surface area contributed by atoms with E-state index in [0.717, 1.165) is 17.7 Å². The molecule has 0 radical (unpaired) electrons. The van der Waals surface area contributed by atoms with Crippen LogP contribution < -0.4 is 10.6 Å². The number of hydrogen-bond acceptors (Lipinski definition) is 3. The lowest BCUT2D eigenvalue weighted by atomic mass is 9.89. The third-order valence-electron chi connectivity index (χ3n) is 4.01. The Hall–Kier alpha value is -1.59. The molecule has 2 unspecified atom stereocenters. The highest BCUT2D eigenvalue weighted by Gasteiger charge is 2.27. The number of nitrogens with one attached hydrogen (secondary N) is 2. The molecule has 0 fully saturated rings. The van der Waals surface area contributed by atoms with Gasteiger partial charge >= 0.3 is 6.03 Å². The van der Waals surface area contributed by atoms with Crippen molar-refractivity contribution in [2.75, 3.05) is 18.5 Å². The van der Waals surface area contributed by atoms with Crippen LogP contribution in [0.15, 0.2) is 24.3 Å². The van der Waals surface area contributed by atoms with Crippen LogP contribution in [0.1, 0.15) is 39.7 Å². The lowest BCUT2D eigenvalue weighted by Crippen LogP contribution is -2.46. The Labute approximate surface area is 133 Å². The minimum absolute atomic E-state index is 0.109. The van der Waals surface area contributed by atoms with Gasteiger partial charge in [-0.1, -0.05) is 38.5 Å². The zero-order valence-corrected chi connectivity index (χ0v) is 14.0. The number of carbonyl (C=O) groups excluding carboxylic acids is 1. The second-order valence-electron chi connectivity index (χ2n) is 5.77. The van der Waals surface area contributed by atoms with Crippen molar-refractivity contribution in [3.8, 4) is 0 Å². The zero-order chi connectivity index (χ0) is 16.6. The maximum absolute atomic E-state index is 12.0. The number of amides is 2. The van der Waals surface area contributed by atoms with Gasteiger partial charge in [-0.05, 0) is 25.8 Å². The second kappa shape index (κ2) is 8.76. The first kappa shape index (κ1) is 18.5. The van der Waals surface area contributed by atoms with Crippen molar-refractivity contribution in [3.63, 3.8) is 0 Å². The lowest BCUT2D eigenvalue weighted by Gasteiger charge is -2.29. The number of ether oxygens (including phenoxy) is 1. The predicted octanol–water partition coefficient (Wildman–Crippen LogP) is 3.14. The van der Waals surface area contributed by atoms with Crippen LogP contribution >= 0.6 is 0 Å². The molecule has 1 rings (SSSR count). The molecule has 1 aromatic rings. The molecule has 124 valence electrons. The molecule has 22 heavy (non-hydrogen) atoms. The molecule has 5 nitrogen and oxygen atoms in total. The van der Waals surface area contributed by atoms with Gasteiger partial charge in [0.05, 0.1) is 12.2 Å². The van der Waals surface area contributed by atoms with E-state index in [4.69, 9.17) is 4.74 Å². The van der Waals surface area contributed by atoms with Crippen LogP contribution in [0.4, 0.5) is 10.5 Å². The van der Waals surface area contributed by atoms with Gasteiger partial charge in [-0.15, -0.1) is 0 Å². The molecule has 5 heteroatoms. The molecule has 0 spiro atoms. The smallest absolute Gasteiger partial charge is 0.319 e. The molecule has 0 bridgehead atoms. The summed E-state index contributed by atoms with van der Waals surface area (Å²) >= 11 is 0. The molecular weight excluding hydrogens is 280 g/mol. The molecule has 2 amide bonds. The third-order valence-corrected chi connectivity index (χ3v) is 4.01.